The molecule has 0 bridgehead atoms. The second kappa shape index (κ2) is 5.48. The third-order valence-electron chi connectivity index (χ3n) is 3.71. The molecule has 22 heavy (non-hydrogen) atoms. The maximum atomic E-state index is 12.0. The van der Waals surface area contributed by atoms with Crippen molar-refractivity contribution in [2.75, 3.05) is 7.11 Å². The van der Waals surface area contributed by atoms with Crippen LogP contribution in [-0.2, 0) is 4.74 Å². The van der Waals surface area contributed by atoms with Crippen molar-refractivity contribution >= 4 is 5.97 Å². The molecule has 6 heteroatoms. The number of methoxy groups -OCH3 is 1. The lowest BCUT2D eigenvalue weighted by Gasteiger charge is -2.19. The van der Waals surface area contributed by atoms with E-state index in [2.05, 4.69) is 10.2 Å². The first-order valence-electron chi connectivity index (χ1n) is 6.85. The molecule has 1 aromatic rings. The summed E-state index contributed by atoms with van der Waals surface area (Å²) in [4.78, 5) is 23.8. The Morgan fingerprint density at radius 2 is 2.00 bits per heavy atom. The van der Waals surface area contributed by atoms with Gasteiger partial charge in [0.2, 0.25) is 0 Å². The Hall–Kier alpha value is -2.89. The van der Waals surface area contributed by atoms with Crippen molar-refractivity contribution in [3.8, 4) is 11.3 Å². The quantitative estimate of drug-likeness (QED) is 0.751. The Bertz CT molecular complexity index is 835. The normalized spacial score (nSPS) is 12.3. The van der Waals surface area contributed by atoms with Gasteiger partial charge in [0.25, 0.3) is 5.56 Å². The molecule has 0 fully saturated rings. The highest BCUT2D eigenvalue weighted by atomic mass is 16.5. The Morgan fingerprint density at radius 1 is 1.27 bits per heavy atom. The maximum Gasteiger partial charge on any atom is 0.341 e. The van der Waals surface area contributed by atoms with Gasteiger partial charge in [0.05, 0.1) is 18.7 Å². The van der Waals surface area contributed by atoms with Crippen LogP contribution >= 0.6 is 0 Å². The minimum atomic E-state index is -0.522. The van der Waals surface area contributed by atoms with Crippen molar-refractivity contribution in [3.05, 3.63) is 64.2 Å². The van der Waals surface area contributed by atoms with Gasteiger partial charge in [-0.25, -0.2) is 9.89 Å². The number of ether oxygens (including phenoxy) is 1. The number of carbonyl (C=O) groups excluding carboxylic acids is 1. The highest BCUT2D eigenvalue weighted by Gasteiger charge is 2.23. The second-order valence-electron chi connectivity index (χ2n) is 5.01. The predicted molar refractivity (Wildman–Crippen MR) is 81.1 cm³/mol. The van der Waals surface area contributed by atoms with E-state index < -0.39 is 5.97 Å². The highest BCUT2D eigenvalue weighted by molar-refractivity contribution is 5.95. The van der Waals surface area contributed by atoms with Crippen molar-refractivity contribution in [1.82, 2.24) is 14.8 Å². The van der Waals surface area contributed by atoms with Crippen LogP contribution in [-0.4, -0.2) is 27.8 Å². The number of aromatic nitrogens is 3. The Morgan fingerprint density at radius 3 is 2.68 bits per heavy atom. The summed E-state index contributed by atoms with van der Waals surface area (Å²) in [5, 5.41) is 6.28. The van der Waals surface area contributed by atoms with Gasteiger partial charge in [-0.1, -0.05) is 30.3 Å². The number of nitrogens with zero attached hydrogens (tertiary/aromatic N) is 2. The zero-order chi connectivity index (χ0) is 15.7. The molecule has 0 amide bonds. The number of benzene rings is 1. The van der Waals surface area contributed by atoms with Gasteiger partial charge in [-0.15, -0.1) is 0 Å². The summed E-state index contributed by atoms with van der Waals surface area (Å²) in [6, 6.07) is 9.78. The molecule has 2 aliphatic heterocycles. The minimum absolute atomic E-state index is 0.0386. The average Bonchev–Trinajstić information content (AvgIpc) is 2.94. The summed E-state index contributed by atoms with van der Waals surface area (Å²) in [5.74, 6) is -0.522. The number of fused-ring (bicyclic) bond motifs is 1. The molecule has 1 atom stereocenters. The SMILES string of the molecule is COC(=O)c1cn([C@@H](C)c2ccccc2)cc2c(=O)[nH]nc1-2. The largest absolute Gasteiger partial charge is 0.465 e. The summed E-state index contributed by atoms with van der Waals surface area (Å²) in [6.45, 7) is 1.99. The Kier molecular flexibility index (Phi) is 3.50. The van der Waals surface area contributed by atoms with Crippen LogP contribution in [0.4, 0.5) is 0 Å². The van der Waals surface area contributed by atoms with Gasteiger partial charge in [-0.3, -0.25) is 4.79 Å². The Labute approximate surface area is 126 Å². The van der Waals surface area contributed by atoms with Gasteiger partial charge < -0.3 is 9.30 Å². The first kappa shape index (κ1) is 14.1. The average molecular weight is 297 g/mol. The van der Waals surface area contributed by atoms with Crippen LogP contribution < -0.4 is 5.56 Å². The van der Waals surface area contributed by atoms with E-state index in [1.807, 2.05) is 41.8 Å². The van der Waals surface area contributed by atoms with E-state index in [0.717, 1.165) is 5.56 Å². The maximum absolute atomic E-state index is 12.0. The van der Waals surface area contributed by atoms with E-state index >= 15 is 0 Å². The predicted octanol–water partition coefficient (Wildman–Crippen LogP) is 2.07. The number of nitrogens with one attached hydrogen (secondary N) is 1. The molecule has 1 N–H and O–H groups in total. The zero-order valence-corrected chi connectivity index (χ0v) is 12.2. The monoisotopic (exact) mass is 297 g/mol. The number of H-pyrrole nitrogens is 1. The highest BCUT2D eigenvalue weighted by Crippen LogP contribution is 2.25. The van der Waals surface area contributed by atoms with E-state index in [9.17, 15) is 9.59 Å². The van der Waals surface area contributed by atoms with E-state index in [1.54, 1.807) is 12.4 Å². The summed E-state index contributed by atoms with van der Waals surface area (Å²) in [7, 11) is 1.30. The van der Waals surface area contributed by atoms with Gasteiger partial charge in [-0.2, -0.15) is 5.10 Å². The summed E-state index contributed by atoms with van der Waals surface area (Å²) in [5.41, 5.74) is 1.70. The number of pyridine rings is 1. The van der Waals surface area contributed by atoms with Gasteiger partial charge in [-0.05, 0) is 12.5 Å². The van der Waals surface area contributed by atoms with Gasteiger partial charge >= 0.3 is 5.97 Å². The van der Waals surface area contributed by atoms with E-state index in [0.29, 0.717) is 11.3 Å². The summed E-state index contributed by atoms with van der Waals surface area (Å²) in [6.07, 6.45) is 3.36. The van der Waals surface area contributed by atoms with Crippen LogP contribution in [0.5, 0.6) is 0 Å². The molecule has 6 nitrogen and oxygen atoms in total. The van der Waals surface area contributed by atoms with E-state index in [4.69, 9.17) is 4.74 Å². The molecule has 3 rings (SSSR count). The first-order valence-corrected chi connectivity index (χ1v) is 6.85. The van der Waals surface area contributed by atoms with Crippen LogP contribution in [0, 0.1) is 0 Å². The number of hydrogen-bond acceptors (Lipinski definition) is 4. The number of aromatic amines is 1. The van der Waals surface area contributed by atoms with Crippen LogP contribution in [0.3, 0.4) is 0 Å². The van der Waals surface area contributed by atoms with Crippen molar-refractivity contribution < 1.29 is 9.53 Å². The minimum Gasteiger partial charge on any atom is -0.465 e. The zero-order valence-electron chi connectivity index (χ0n) is 12.2. The standard InChI is InChI=1S/C16H15N3O3/c1-10(11-6-4-3-5-7-11)19-8-12-14(17-18-15(12)20)13(9-19)16(21)22-2/h3-10H,1-2H3,(H,18,20)/t10-/m0/s1. The molecule has 2 heterocycles. The molecule has 112 valence electrons. The van der Waals surface area contributed by atoms with Crippen molar-refractivity contribution in [2.45, 2.75) is 13.0 Å². The molecule has 0 radical (unpaired) electrons. The fourth-order valence-corrected chi connectivity index (χ4v) is 2.44. The molecule has 0 saturated heterocycles. The molecule has 0 spiro atoms. The fraction of sp³-hybridized carbons (Fsp3) is 0.188. The van der Waals surface area contributed by atoms with Crippen molar-refractivity contribution in [2.24, 2.45) is 0 Å². The van der Waals surface area contributed by atoms with Gasteiger partial charge in [0.15, 0.2) is 0 Å². The van der Waals surface area contributed by atoms with Crippen LogP contribution in [0.15, 0.2) is 47.5 Å². The van der Waals surface area contributed by atoms with Gasteiger partial charge in [0.1, 0.15) is 11.3 Å². The molecule has 2 aliphatic rings. The Balaban J connectivity index is 2.18. The number of esters is 1. The topological polar surface area (TPSA) is 77.0 Å². The van der Waals surface area contributed by atoms with Crippen LogP contribution in [0.1, 0.15) is 28.9 Å². The number of rotatable bonds is 3. The third-order valence-corrected chi connectivity index (χ3v) is 3.71. The van der Waals surface area contributed by atoms with Crippen LogP contribution in [0.2, 0.25) is 0 Å². The van der Waals surface area contributed by atoms with Crippen molar-refractivity contribution in [3.63, 3.8) is 0 Å². The van der Waals surface area contributed by atoms with Gasteiger partial charge in [0, 0.05) is 12.4 Å². The van der Waals surface area contributed by atoms with E-state index in [-0.39, 0.29) is 17.2 Å². The molecule has 0 saturated carbocycles. The second-order valence-corrected chi connectivity index (χ2v) is 5.01. The lowest BCUT2D eigenvalue weighted by molar-refractivity contribution is 0.0600. The van der Waals surface area contributed by atoms with Crippen molar-refractivity contribution in [1.29, 1.82) is 0 Å². The van der Waals surface area contributed by atoms with Crippen LogP contribution in [0.25, 0.3) is 11.3 Å². The molecular weight excluding hydrogens is 282 g/mol. The fourth-order valence-electron chi connectivity index (χ4n) is 2.44. The summed E-state index contributed by atoms with van der Waals surface area (Å²) >= 11 is 0. The summed E-state index contributed by atoms with van der Waals surface area (Å²) < 4.78 is 6.61. The third kappa shape index (κ3) is 2.28. The molecule has 1 aromatic carbocycles. The lowest BCUT2D eigenvalue weighted by Crippen LogP contribution is -2.15. The number of hydrogen-bond donors (Lipinski definition) is 1. The first-order chi connectivity index (χ1) is 10.6. The molecule has 0 unspecified atom stereocenters. The van der Waals surface area contributed by atoms with E-state index in [1.165, 1.54) is 7.11 Å². The molecular formula is C16H15N3O3. The smallest absolute Gasteiger partial charge is 0.341 e. The lowest BCUT2D eigenvalue weighted by atomic mass is 10.1. The molecule has 0 aromatic heterocycles. The number of carbonyl (C=O) groups is 1. The molecule has 0 aliphatic carbocycles.